The van der Waals surface area contributed by atoms with E-state index in [9.17, 15) is 5.11 Å². The molecule has 0 amide bonds. The molecule has 0 atom stereocenters. The van der Waals surface area contributed by atoms with Crippen molar-refractivity contribution in [1.29, 1.82) is 0 Å². The van der Waals surface area contributed by atoms with Crippen molar-refractivity contribution < 1.29 is 5.11 Å². The summed E-state index contributed by atoms with van der Waals surface area (Å²) in [5.41, 5.74) is 0.0451. The first-order valence-electron chi connectivity index (χ1n) is 5.39. The summed E-state index contributed by atoms with van der Waals surface area (Å²) in [6.45, 7) is 11.0. The third-order valence-electron chi connectivity index (χ3n) is 3.83. The van der Waals surface area contributed by atoms with Crippen molar-refractivity contribution in [2.75, 3.05) is 0 Å². The number of rotatable bonds is 0. The van der Waals surface area contributed by atoms with Gasteiger partial charge in [-0.15, -0.1) is 0 Å². The molecule has 0 aromatic rings. The van der Waals surface area contributed by atoms with Crippen molar-refractivity contribution >= 4 is 0 Å². The summed E-state index contributed by atoms with van der Waals surface area (Å²) in [4.78, 5) is 0. The van der Waals surface area contributed by atoms with Crippen LogP contribution in [0.1, 0.15) is 60.3 Å². The Morgan fingerprint density at radius 1 is 0.923 bits per heavy atom. The van der Waals surface area contributed by atoms with Crippen LogP contribution >= 0.6 is 0 Å². The van der Waals surface area contributed by atoms with Gasteiger partial charge in [-0.25, -0.2) is 0 Å². The summed E-state index contributed by atoms with van der Waals surface area (Å²) in [7, 11) is 0. The standard InChI is InChI=1S/C12H24O/c1-10(2,3)12(13)8-6-11(4,5)7-9-12/h13H,6-9H2,1-5H3. The highest BCUT2D eigenvalue weighted by atomic mass is 16.3. The Balaban J connectivity index is 2.68. The molecule has 1 aliphatic rings. The molecule has 1 fully saturated rings. The van der Waals surface area contributed by atoms with Crippen LogP contribution in [0.2, 0.25) is 0 Å². The van der Waals surface area contributed by atoms with E-state index in [1.807, 2.05) is 0 Å². The Labute approximate surface area is 82.5 Å². The normalized spacial score (nSPS) is 27.2. The minimum Gasteiger partial charge on any atom is -0.389 e. The second kappa shape index (κ2) is 2.98. The van der Waals surface area contributed by atoms with Gasteiger partial charge in [0.1, 0.15) is 0 Å². The van der Waals surface area contributed by atoms with Crippen molar-refractivity contribution in [2.24, 2.45) is 10.8 Å². The molecule has 0 aromatic heterocycles. The molecule has 13 heavy (non-hydrogen) atoms. The monoisotopic (exact) mass is 184 g/mol. The Bertz CT molecular complexity index is 176. The highest BCUT2D eigenvalue weighted by Gasteiger charge is 2.44. The van der Waals surface area contributed by atoms with E-state index in [1.54, 1.807) is 0 Å². The van der Waals surface area contributed by atoms with Gasteiger partial charge in [-0.1, -0.05) is 34.6 Å². The van der Waals surface area contributed by atoms with Gasteiger partial charge in [0.2, 0.25) is 0 Å². The maximum Gasteiger partial charge on any atom is 0.0696 e. The minimum atomic E-state index is -0.428. The Kier molecular flexibility index (Phi) is 2.53. The molecule has 1 aliphatic carbocycles. The third kappa shape index (κ3) is 2.25. The van der Waals surface area contributed by atoms with E-state index in [4.69, 9.17) is 0 Å². The highest BCUT2D eigenvalue weighted by molar-refractivity contribution is 4.96. The van der Waals surface area contributed by atoms with Crippen molar-refractivity contribution in [2.45, 2.75) is 65.9 Å². The van der Waals surface area contributed by atoms with Crippen LogP contribution in [-0.4, -0.2) is 10.7 Å². The van der Waals surface area contributed by atoms with Gasteiger partial charge in [-0.3, -0.25) is 0 Å². The van der Waals surface area contributed by atoms with E-state index < -0.39 is 5.60 Å². The van der Waals surface area contributed by atoms with Crippen LogP contribution in [0.25, 0.3) is 0 Å². The first-order chi connectivity index (χ1) is 5.66. The van der Waals surface area contributed by atoms with Crippen molar-refractivity contribution in [3.05, 3.63) is 0 Å². The predicted octanol–water partition coefficient (Wildman–Crippen LogP) is 3.36. The van der Waals surface area contributed by atoms with E-state index in [1.165, 1.54) is 0 Å². The van der Waals surface area contributed by atoms with Gasteiger partial charge in [0.15, 0.2) is 0 Å². The van der Waals surface area contributed by atoms with E-state index in [2.05, 4.69) is 34.6 Å². The molecular weight excluding hydrogens is 160 g/mol. The lowest BCUT2D eigenvalue weighted by Gasteiger charge is -2.47. The topological polar surface area (TPSA) is 20.2 Å². The molecule has 0 bridgehead atoms. The highest BCUT2D eigenvalue weighted by Crippen LogP contribution is 2.47. The lowest BCUT2D eigenvalue weighted by atomic mass is 9.62. The van der Waals surface area contributed by atoms with E-state index >= 15 is 0 Å². The molecule has 78 valence electrons. The lowest BCUT2D eigenvalue weighted by molar-refractivity contribution is -0.103. The zero-order valence-electron chi connectivity index (χ0n) is 9.78. The van der Waals surface area contributed by atoms with Gasteiger partial charge in [0.25, 0.3) is 0 Å². The fraction of sp³-hybridized carbons (Fsp3) is 1.00. The maximum atomic E-state index is 10.4. The molecule has 0 aromatic carbocycles. The van der Waals surface area contributed by atoms with Gasteiger partial charge in [-0.05, 0) is 36.5 Å². The molecule has 0 radical (unpaired) electrons. The quantitative estimate of drug-likeness (QED) is 0.612. The zero-order chi connectivity index (χ0) is 10.3. The smallest absolute Gasteiger partial charge is 0.0696 e. The van der Waals surface area contributed by atoms with E-state index in [0.29, 0.717) is 5.41 Å². The minimum absolute atomic E-state index is 0.0312. The summed E-state index contributed by atoms with van der Waals surface area (Å²) in [6, 6.07) is 0. The molecular formula is C12H24O. The van der Waals surface area contributed by atoms with Crippen molar-refractivity contribution in [1.82, 2.24) is 0 Å². The van der Waals surface area contributed by atoms with Crippen LogP contribution in [-0.2, 0) is 0 Å². The third-order valence-corrected chi connectivity index (χ3v) is 3.83. The van der Waals surface area contributed by atoms with Gasteiger partial charge >= 0.3 is 0 Å². The summed E-state index contributed by atoms with van der Waals surface area (Å²) in [5.74, 6) is 0. The van der Waals surface area contributed by atoms with E-state index in [-0.39, 0.29) is 5.41 Å². The molecule has 0 heterocycles. The SMILES string of the molecule is CC1(C)CCC(O)(C(C)(C)C)CC1. The summed E-state index contributed by atoms with van der Waals surface area (Å²) >= 11 is 0. The molecule has 0 saturated heterocycles. The lowest BCUT2D eigenvalue weighted by Crippen LogP contribution is -2.47. The fourth-order valence-electron chi connectivity index (χ4n) is 2.09. The first kappa shape index (κ1) is 11.0. The number of hydrogen-bond acceptors (Lipinski definition) is 1. The van der Waals surface area contributed by atoms with Gasteiger partial charge in [-0.2, -0.15) is 0 Å². The summed E-state index contributed by atoms with van der Waals surface area (Å²) in [5, 5.41) is 10.4. The van der Waals surface area contributed by atoms with Crippen LogP contribution in [0, 0.1) is 10.8 Å². The van der Waals surface area contributed by atoms with Crippen LogP contribution in [0.5, 0.6) is 0 Å². The van der Waals surface area contributed by atoms with E-state index in [0.717, 1.165) is 25.7 Å². The Morgan fingerprint density at radius 2 is 1.31 bits per heavy atom. The summed E-state index contributed by atoms with van der Waals surface area (Å²) < 4.78 is 0. The van der Waals surface area contributed by atoms with Crippen LogP contribution in [0.3, 0.4) is 0 Å². The second-order valence-electron chi connectivity index (χ2n) is 6.45. The molecule has 0 unspecified atom stereocenters. The summed E-state index contributed by atoms with van der Waals surface area (Å²) in [6.07, 6.45) is 4.23. The second-order valence-corrected chi connectivity index (χ2v) is 6.45. The molecule has 1 N–H and O–H groups in total. The van der Waals surface area contributed by atoms with Crippen LogP contribution < -0.4 is 0 Å². The zero-order valence-corrected chi connectivity index (χ0v) is 9.78. The van der Waals surface area contributed by atoms with Crippen LogP contribution in [0.4, 0.5) is 0 Å². The van der Waals surface area contributed by atoms with Gasteiger partial charge in [0, 0.05) is 0 Å². The largest absolute Gasteiger partial charge is 0.389 e. The molecule has 1 nitrogen and oxygen atoms in total. The van der Waals surface area contributed by atoms with Crippen molar-refractivity contribution in [3.8, 4) is 0 Å². The van der Waals surface area contributed by atoms with Crippen molar-refractivity contribution in [3.63, 3.8) is 0 Å². The van der Waals surface area contributed by atoms with Gasteiger partial charge in [0.05, 0.1) is 5.60 Å². The predicted molar refractivity (Wildman–Crippen MR) is 56.7 cm³/mol. The molecule has 0 aliphatic heterocycles. The molecule has 0 spiro atoms. The van der Waals surface area contributed by atoms with Crippen LogP contribution in [0.15, 0.2) is 0 Å². The average Bonchev–Trinajstić information content (AvgIpc) is 1.94. The average molecular weight is 184 g/mol. The Morgan fingerprint density at radius 3 is 1.62 bits per heavy atom. The number of hydrogen-bond donors (Lipinski definition) is 1. The molecule has 1 heteroatoms. The maximum absolute atomic E-state index is 10.4. The number of aliphatic hydroxyl groups is 1. The molecule has 1 saturated carbocycles. The first-order valence-corrected chi connectivity index (χ1v) is 5.39. The fourth-order valence-corrected chi connectivity index (χ4v) is 2.09. The molecule has 1 rings (SSSR count). The Hall–Kier alpha value is -0.0400. The van der Waals surface area contributed by atoms with Gasteiger partial charge < -0.3 is 5.11 Å².